The van der Waals surface area contributed by atoms with Crippen molar-refractivity contribution in [1.82, 2.24) is 4.90 Å². The molecule has 0 radical (unpaired) electrons. The van der Waals surface area contributed by atoms with Gasteiger partial charge >= 0.3 is 11.9 Å². The van der Waals surface area contributed by atoms with E-state index in [9.17, 15) is 9.59 Å². The van der Waals surface area contributed by atoms with Crippen molar-refractivity contribution < 1.29 is 23.8 Å². The van der Waals surface area contributed by atoms with E-state index in [0.29, 0.717) is 23.4 Å². The molecule has 1 fully saturated rings. The summed E-state index contributed by atoms with van der Waals surface area (Å²) >= 11 is 0. The van der Waals surface area contributed by atoms with Gasteiger partial charge in [-0.2, -0.15) is 0 Å². The lowest BCUT2D eigenvalue weighted by atomic mass is 9.68. The van der Waals surface area contributed by atoms with Gasteiger partial charge in [-0.3, -0.25) is 4.79 Å². The molecule has 5 rings (SSSR count). The number of rotatable bonds is 10. The highest BCUT2D eigenvalue weighted by Crippen LogP contribution is 2.43. The Balaban J connectivity index is 1.25. The molecule has 230 valence electrons. The zero-order chi connectivity index (χ0) is 31.1. The number of ether oxygens (including phenoxy) is 3. The molecule has 2 atom stereocenters. The Hall–Kier alpha value is -4.43. The largest absolute Gasteiger partial charge is 0.496 e. The van der Waals surface area contributed by atoms with Crippen LogP contribution in [0.5, 0.6) is 5.75 Å². The second-order valence-electron chi connectivity index (χ2n) is 11.4. The standard InChI is InChI=1S/C36H41N3O5/c1-25-30(31(28-17-10-11-18-29(28)42-2)32(33(37)38-25)34(40)43-3)35(41)44-24-12-21-39-22-19-36(20-23-39,26-13-6-4-7-14-26)27-15-8-5-9-16-27/h4-11,13-18,31-32H,12,19-24H2,1-3H3,(H2,37,38). The predicted molar refractivity (Wildman–Crippen MR) is 170 cm³/mol. The van der Waals surface area contributed by atoms with E-state index in [2.05, 4.69) is 70.6 Å². The molecule has 2 unspecified atom stereocenters. The van der Waals surface area contributed by atoms with Crippen LogP contribution in [0.4, 0.5) is 0 Å². The lowest BCUT2D eigenvalue weighted by Crippen LogP contribution is -2.43. The molecule has 0 amide bonds. The first-order valence-corrected chi connectivity index (χ1v) is 15.2. The average molecular weight is 596 g/mol. The van der Waals surface area contributed by atoms with Gasteiger partial charge in [-0.1, -0.05) is 78.9 Å². The summed E-state index contributed by atoms with van der Waals surface area (Å²) in [4.78, 5) is 33.3. The van der Waals surface area contributed by atoms with Crippen LogP contribution in [-0.2, 0) is 24.5 Å². The van der Waals surface area contributed by atoms with Crippen molar-refractivity contribution in [3.05, 3.63) is 113 Å². The number of hydrogen-bond donors (Lipinski definition) is 1. The number of hydrogen-bond acceptors (Lipinski definition) is 8. The zero-order valence-corrected chi connectivity index (χ0v) is 25.7. The Morgan fingerprint density at radius 1 is 0.909 bits per heavy atom. The van der Waals surface area contributed by atoms with Crippen LogP contribution in [0.1, 0.15) is 48.8 Å². The highest BCUT2D eigenvalue weighted by molar-refractivity contribution is 6.06. The Labute approximate surface area is 259 Å². The zero-order valence-electron chi connectivity index (χ0n) is 25.7. The highest BCUT2D eigenvalue weighted by Gasteiger charge is 2.44. The molecule has 2 aliphatic rings. The van der Waals surface area contributed by atoms with Crippen molar-refractivity contribution >= 4 is 17.8 Å². The molecule has 8 heteroatoms. The number of methoxy groups -OCH3 is 2. The maximum absolute atomic E-state index is 13.6. The Kier molecular flexibility index (Phi) is 9.80. The second-order valence-corrected chi connectivity index (χ2v) is 11.4. The van der Waals surface area contributed by atoms with E-state index in [1.165, 1.54) is 18.2 Å². The molecule has 8 nitrogen and oxygen atoms in total. The molecule has 3 aromatic rings. The first kappa shape index (κ1) is 31.0. The summed E-state index contributed by atoms with van der Waals surface area (Å²) in [5, 5.41) is 0. The fraction of sp³-hybridized carbons (Fsp3) is 0.361. The van der Waals surface area contributed by atoms with E-state index in [0.717, 1.165) is 32.5 Å². The number of para-hydroxylation sites is 1. The van der Waals surface area contributed by atoms with Gasteiger partial charge in [0.1, 0.15) is 17.5 Å². The molecule has 3 aromatic carbocycles. The predicted octanol–water partition coefficient (Wildman–Crippen LogP) is 5.23. The monoisotopic (exact) mass is 595 g/mol. The number of benzene rings is 3. The SMILES string of the molecule is COC(=O)C1C(N)=NC(C)=C(C(=O)OCCCN2CCC(c3ccccc3)(c3ccccc3)CC2)C1c1ccccc1OC. The Morgan fingerprint density at radius 3 is 2.09 bits per heavy atom. The number of carbonyl (C=O) groups is 2. The normalized spacial score (nSPS) is 20.0. The van der Waals surface area contributed by atoms with Gasteiger partial charge in [0.05, 0.1) is 32.1 Å². The van der Waals surface area contributed by atoms with E-state index in [4.69, 9.17) is 19.9 Å². The van der Waals surface area contributed by atoms with Gasteiger partial charge in [-0.05, 0) is 56.5 Å². The molecule has 0 spiro atoms. The van der Waals surface area contributed by atoms with Gasteiger partial charge in [0, 0.05) is 23.4 Å². The van der Waals surface area contributed by atoms with Crippen LogP contribution in [0.25, 0.3) is 0 Å². The summed E-state index contributed by atoms with van der Waals surface area (Å²) in [7, 11) is 2.84. The summed E-state index contributed by atoms with van der Waals surface area (Å²) in [5.41, 5.74) is 10.3. The summed E-state index contributed by atoms with van der Waals surface area (Å²) in [6.45, 7) is 4.67. The van der Waals surface area contributed by atoms with E-state index < -0.39 is 23.8 Å². The summed E-state index contributed by atoms with van der Waals surface area (Å²) in [5.74, 6) is -2.21. The minimum Gasteiger partial charge on any atom is -0.496 e. The maximum atomic E-state index is 13.6. The summed E-state index contributed by atoms with van der Waals surface area (Å²) in [6.07, 6.45) is 2.72. The van der Waals surface area contributed by atoms with Gasteiger partial charge < -0.3 is 24.8 Å². The van der Waals surface area contributed by atoms with Gasteiger partial charge in [0.25, 0.3) is 0 Å². The molecule has 0 saturated carbocycles. The molecule has 2 heterocycles. The average Bonchev–Trinajstić information content (AvgIpc) is 3.07. The third-order valence-electron chi connectivity index (χ3n) is 9.01. The van der Waals surface area contributed by atoms with Gasteiger partial charge in [-0.15, -0.1) is 0 Å². The first-order chi connectivity index (χ1) is 21.4. The minimum atomic E-state index is -0.981. The second kappa shape index (κ2) is 13.9. The van der Waals surface area contributed by atoms with Crippen molar-refractivity contribution in [2.45, 2.75) is 37.5 Å². The van der Waals surface area contributed by atoms with Crippen molar-refractivity contribution in [3.8, 4) is 5.75 Å². The molecule has 1 saturated heterocycles. The lowest BCUT2D eigenvalue weighted by molar-refractivity contribution is -0.144. The van der Waals surface area contributed by atoms with Crippen molar-refractivity contribution in [2.24, 2.45) is 16.6 Å². The van der Waals surface area contributed by atoms with Gasteiger partial charge in [0.2, 0.25) is 0 Å². The van der Waals surface area contributed by atoms with E-state index >= 15 is 0 Å². The molecule has 0 aromatic heterocycles. The number of esters is 2. The molecule has 2 aliphatic heterocycles. The molecule has 0 bridgehead atoms. The molecule has 44 heavy (non-hydrogen) atoms. The van der Waals surface area contributed by atoms with Crippen molar-refractivity contribution in [3.63, 3.8) is 0 Å². The van der Waals surface area contributed by atoms with E-state index in [-0.39, 0.29) is 23.4 Å². The Morgan fingerprint density at radius 2 is 1.50 bits per heavy atom. The topological polar surface area (TPSA) is 103 Å². The molecule has 0 aliphatic carbocycles. The maximum Gasteiger partial charge on any atom is 0.336 e. The van der Waals surface area contributed by atoms with Gasteiger partial charge in [-0.25, -0.2) is 9.79 Å². The smallest absolute Gasteiger partial charge is 0.336 e. The number of likely N-dealkylation sites (tertiary alicyclic amines) is 1. The third-order valence-corrected chi connectivity index (χ3v) is 9.01. The van der Waals surface area contributed by atoms with E-state index in [1.54, 1.807) is 20.1 Å². The van der Waals surface area contributed by atoms with Gasteiger partial charge in [0.15, 0.2) is 0 Å². The molecular weight excluding hydrogens is 554 g/mol. The molecular formula is C36H41N3O5. The van der Waals surface area contributed by atoms with E-state index in [1.807, 2.05) is 18.2 Å². The van der Waals surface area contributed by atoms with Crippen LogP contribution in [-0.4, -0.2) is 63.1 Å². The van der Waals surface area contributed by atoms with Crippen molar-refractivity contribution in [1.29, 1.82) is 0 Å². The Bertz CT molecular complexity index is 1470. The minimum absolute atomic E-state index is 0.0114. The quantitative estimate of drug-likeness (QED) is 0.253. The lowest BCUT2D eigenvalue weighted by Gasteiger charge is -2.43. The number of allylic oxidation sites excluding steroid dienone is 1. The van der Waals surface area contributed by atoms with Crippen LogP contribution in [0.3, 0.4) is 0 Å². The van der Waals surface area contributed by atoms with Crippen LogP contribution in [0, 0.1) is 5.92 Å². The third kappa shape index (κ3) is 6.26. The van der Waals surface area contributed by atoms with Crippen LogP contribution < -0.4 is 10.5 Å². The van der Waals surface area contributed by atoms with Crippen LogP contribution in [0.2, 0.25) is 0 Å². The summed E-state index contributed by atoms with van der Waals surface area (Å²) in [6, 6.07) is 28.8. The molecule has 2 N–H and O–H groups in total. The number of amidine groups is 1. The first-order valence-electron chi connectivity index (χ1n) is 15.2. The van der Waals surface area contributed by atoms with Crippen molar-refractivity contribution in [2.75, 3.05) is 40.5 Å². The summed E-state index contributed by atoms with van der Waals surface area (Å²) < 4.78 is 16.5. The fourth-order valence-corrected chi connectivity index (χ4v) is 6.75. The fourth-order valence-electron chi connectivity index (χ4n) is 6.75. The number of nitrogens with two attached hydrogens (primary N) is 1. The van der Waals surface area contributed by atoms with Crippen LogP contribution >= 0.6 is 0 Å². The van der Waals surface area contributed by atoms with Crippen LogP contribution in [0.15, 0.2) is 101 Å². The number of carbonyl (C=O) groups excluding carboxylic acids is 2. The highest BCUT2D eigenvalue weighted by atomic mass is 16.5. The number of piperidine rings is 1. The number of nitrogens with zero attached hydrogens (tertiary/aromatic N) is 2. The number of aliphatic imine (C=N–C) groups is 1.